The van der Waals surface area contributed by atoms with Crippen molar-refractivity contribution in [2.45, 2.75) is 45.3 Å². The SMILES string of the molecule is Cc1cccc(OCCCC(=O)NC2CC(C)NN2)c1. The maximum atomic E-state index is 11.7. The average molecular weight is 277 g/mol. The van der Waals surface area contributed by atoms with Crippen LogP contribution >= 0.6 is 0 Å². The summed E-state index contributed by atoms with van der Waals surface area (Å²) in [4.78, 5) is 11.7. The van der Waals surface area contributed by atoms with Crippen molar-refractivity contribution in [3.63, 3.8) is 0 Å². The molecular weight excluding hydrogens is 254 g/mol. The smallest absolute Gasteiger partial charge is 0.221 e. The lowest BCUT2D eigenvalue weighted by Gasteiger charge is -2.12. The summed E-state index contributed by atoms with van der Waals surface area (Å²) in [5.74, 6) is 0.923. The number of carbonyl (C=O) groups is 1. The van der Waals surface area contributed by atoms with Crippen LogP contribution in [0.3, 0.4) is 0 Å². The molecule has 2 unspecified atom stereocenters. The van der Waals surface area contributed by atoms with Crippen molar-refractivity contribution in [2.75, 3.05) is 6.61 Å². The van der Waals surface area contributed by atoms with E-state index in [1.54, 1.807) is 0 Å². The molecule has 1 heterocycles. The van der Waals surface area contributed by atoms with Gasteiger partial charge in [-0.1, -0.05) is 12.1 Å². The Balaban J connectivity index is 1.60. The summed E-state index contributed by atoms with van der Waals surface area (Å²) in [5, 5.41) is 2.95. The Hall–Kier alpha value is -1.59. The monoisotopic (exact) mass is 277 g/mol. The molecular formula is C15H23N3O2. The van der Waals surface area contributed by atoms with Crippen LogP contribution in [0.4, 0.5) is 0 Å². The van der Waals surface area contributed by atoms with E-state index in [2.05, 4.69) is 23.1 Å². The topological polar surface area (TPSA) is 62.4 Å². The number of aryl methyl sites for hydroxylation is 1. The fourth-order valence-electron chi connectivity index (χ4n) is 2.20. The van der Waals surface area contributed by atoms with Crippen molar-refractivity contribution in [3.05, 3.63) is 29.8 Å². The standard InChI is InChI=1S/C15H23N3O2/c1-11-5-3-6-13(9-11)20-8-4-7-15(19)16-14-10-12(2)17-18-14/h3,5-6,9,12,14,17-18H,4,7-8,10H2,1-2H3,(H,16,19). The van der Waals surface area contributed by atoms with Gasteiger partial charge in [0.25, 0.3) is 0 Å². The Labute approximate surface area is 120 Å². The van der Waals surface area contributed by atoms with E-state index in [0.29, 0.717) is 19.1 Å². The molecule has 3 N–H and O–H groups in total. The third-order valence-corrected chi connectivity index (χ3v) is 3.23. The minimum absolute atomic E-state index is 0.0372. The minimum atomic E-state index is 0.0372. The van der Waals surface area contributed by atoms with Crippen molar-refractivity contribution in [2.24, 2.45) is 0 Å². The van der Waals surface area contributed by atoms with Crippen LogP contribution in [0.5, 0.6) is 5.75 Å². The number of hydrazine groups is 1. The molecule has 5 heteroatoms. The number of amides is 1. The zero-order valence-electron chi connectivity index (χ0n) is 12.1. The Morgan fingerprint density at radius 3 is 3.00 bits per heavy atom. The highest BCUT2D eigenvalue weighted by Crippen LogP contribution is 2.12. The van der Waals surface area contributed by atoms with Gasteiger partial charge in [-0.15, -0.1) is 0 Å². The van der Waals surface area contributed by atoms with Gasteiger partial charge in [0.15, 0.2) is 0 Å². The van der Waals surface area contributed by atoms with Gasteiger partial charge in [0.05, 0.1) is 12.8 Å². The molecule has 110 valence electrons. The highest BCUT2D eigenvalue weighted by Gasteiger charge is 2.20. The third-order valence-electron chi connectivity index (χ3n) is 3.23. The second kappa shape index (κ2) is 7.26. The van der Waals surface area contributed by atoms with E-state index >= 15 is 0 Å². The van der Waals surface area contributed by atoms with Crippen LogP contribution in [0.15, 0.2) is 24.3 Å². The van der Waals surface area contributed by atoms with Gasteiger partial charge in [-0.2, -0.15) is 0 Å². The molecule has 0 spiro atoms. The number of nitrogens with one attached hydrogen (secondary N) is 3. The molecule has 20 heavy (non-hydrogen) atoms. The summed E-state index contributed by atoms with van der Waals surface area (Å²) in [6, 6.07) is 8.32. The number of ether oxygens (including phenoxy) is 1. The van der Waals surface area contributed by atoms with Gasteiger partial charge in [-0.25, -0.2) is 5.43 Å². The van der Waals surface area contributed by atoms with E-state index in [1.807, 2.05) is 31.2 Å². The van der Waals surface area contributed by atoms with Gasteiger partial charge < -0.3 is 10.1 Å². The lowest BCUT2D eigenvalue weighted by Crippen LogP contribution is -2.44. The van der Waals surface area contributed by atoms with Crippen LogP contribution in [-0.2, 0) is 4.79 Å². The first-order valence-electron chi connectivity index (χ1n) is 7.13. The summed E-state index contributed by atoms with van der Waals surface area (Å²) < 4.78 is 5.62. The van der Waals surface area contributed by atoms with E-state index in [1.165, 1.54) is 5.56 Å². The molecule has 0 saturated carbocycles. The summed E-state index contributed by atoms with van der Waals surface area (Å²) in [6.45, 7) is 4.67. The van der Waals surface area contributed by atoms with Gasteiger partial charge in [0, 0.05) is 12.5 Å². The van der Waals surface area contributed by atoms with Gasteiger partial charge in [0.1, 0.15) is 5.75 Å². The fraction of sp³-hybridized carbons (Fsp3) is 0.533. The summed E-state index contributed by atoms with van der Waals surface area (Å²) in [5.41, 5.74) is 7.30. The minimum Gasteiger partial charge on any atom is -0.494 e. The zero-order valence-corrected chi connectivity index (χ0v) is 12.1. The van der Waals surface area contributed by atoms with Crippen molar-refractivity contribution >= 4 is 5.91 Å². The molecule has 0 bridgehead atoms. The molecule has 0 aliphatic carbocycles. The van der Waals surface area contributed by atoms with Crippen LogP contribution in [0.2, 0.25) is 0 Å². The molecule has 5 nitrogen and oxygen atoms in total. The van der Waals surface area contributed by atoms with Crippen molar-refractivity contribution in [1.82, 2.24) is 16.2 Å². The molecule has 1 fully saturated rings. The number of hydrogen-bond acceptors (Lipinski definition) is 4. The van der Waals surface area contributed by atoms with Gasteiger partial charge in [-0.05, 0) is 44.4 Å². The molecule has 0 aromatic heterocycles. The predicted octanol–water partition coefficient (Wildman–Crippen LogP) is 1.48. The molecule has 1 aromatic rings. The van der Waals surface area contributed by atoms with E-state index in [4.69, 9.17) is 4.74 Å². The first-order chi connectivity index (χ1) is 9.63. The second-order valence-corrected chi connectivity index (χ2v) is 5.31. The normalized spacial score (nSPS) is 21.7. The maximum absolute atomic E-state index is 11.7. The predicted molar refractivity (Wildman–Crippen MR) is 78.2 cm³/mol. The number of carbonyl (C=O) groups excluding carboxylic acids is 1. The van der Waals surface area contributed by atoms with Crippen LogP contribution in [0, 0.1) is 6.92 Å². The summed E-state index contributed by atoms with van der Waals surface area (Å²) in [6.07, 6.45) is 2.15. The van der Waals surface area contributed by atoms with E-state index in [9.17, 15) is 4.79 Å². The Kier molecular flexibility index (Phi) is 5.38. The first-order valence-corrected chi connectivity index (χ1v) is 7.13. The lowest BCUT2D eigenvalue weighted by atomic mass is 10.2. The van der Waals surface area contributed by atoms with Crippen LogP contribution in [-0.4, -0.2) is 24.7 Å². The Morgan fingerprint density at radius 1 is 1.45 bits per heavy atom. The number of rotatable bonds is 6. The van der Waals surface area contributed by atoms with Crippen molar-refractivity contribution in [3.8, 4) is 5.75 Å². The van der Waals surface area contributed by atoms with Gasteiger partial charge >= 0.3 is 0 Å². The highest BCUT2D eigenvalue weighted by molar-refractivity contribution is 5.76. The molecule has 2 rings (SSSR count). The Morgan fingerprint density at radius 2 is 2.30 bits per heavy atom. The second-order valence-electron chi connectivity index (χ2n) is 5.31. The molecule has 1 aliphatic rings. The number of benzene rings is 1. The van der Waals surface area contributed by atoms with Crippen molar-refractivity contribution < 1.29 is 9.53 Å². The summed E-state index contributed by atoms with van der Waals surface area (Å²) in [7, 11) is 0. The molecule has 2 atom stereocenters. The zero-order chi connectivity index (χ0) is 14.4. The molecule has 1 saturated heterocycles. The van der Waals surface area contributed by atoms with Crippen molar-refractivity contribution in [1.29, 1.82) is 0 Å². The highest BCUT2D eigenvalue weighted by atomic mass is 16.5. The summed E-state index contributed by atoms with van der Waals surface area (Å²) >= 11 is 0. The average Bonchev–Trinajstić information content (AvgIpc) is 2.80. The van der Waals surface area contributed by atoms with Gasteiger partial charge in [0.2, 0.25) is 5.91 Å². The van der Waals surface area contributed by atoms with Crippen LogP contribution < -0.4 is 20.9 Å². The molecule has 1 aliphatic heterocycles. The third kappa shape index (κ3) is 4.83. The van der Waals surface area contributed by atoms with E-state index < -0.39 is 0 Å². The van der Waals surface area contributed by atoms with E-state index in [-0.39, 0.29) is 12.1 Å². The quantitative estimate of drug-likeness (QED) is 0.689. The molecule has 1 amide bonds. The van der Waals surface area contributed by atoms with Crippen LogP contribution in [0.25, 0.3) is 0 Å². The maximum Gasteiger partial charge on any atom is 0.221 e. The number of hydrogen-bond donors (Lipinski definition) is 3. The largest absolute Gasteiger partial charge is 0.494 e. The fourth-order valence-corrected chi connectivity index (χ4v) is 2.20. The van der Waals surface area contributed by atoms with Gasteiger partial charge in [-0.3, -0.25) is 10.2 Å². The lowest BCUT2D eigenvalue weighted by molar-refractivity contribution is -0.122. The molecule has 1 aromatic carbocycles. The molecule has 0 radical (unpaired) electrons. The van der Waals surface area contributed by atoms with E-state index in [0.717, 1.165) is 18.6 Å². The Bertz CT molecular complexity index is 450. The van der Waals surface area contributed by atoms with Crippen LogP contribution in [0.1, 0.15) is 31.7 Å². The first kappa shape index (κ1) is 14.8.